The van der Waals surface area contributed by atoms with Crippen LogP contribution in [0.2, 0.25) is 0 Å². The van der Waals surface area contributed by atoms with Crippen molar-refractivity contribution >= 4 is 33.4 Å². The summed E-state index contributed by atoms with van der Waals surface area (Å²) in [7, 11) is 0. The quantitative estimate of drug-likeness (QED) is 0.600. The Morgan fingerprint density at radius 1 is 1.28 bits per heavy atom. The minimum absolute atomic E-state index is 0.301. The van der Waals surface area contributed by atoms with Crippen molar-refractivity contribution in [2.24, 2.45) is 5.84 Å². The average molecular weight is 312 g/mol. The zero-order valence-electron chi connectivity index (χ0n) is 9.54. The van der Waals surface area contributed by atoms with Crippen LogP contribution in [0, 0.1) is 12.7 Å². The summed E-state index contributed by atoms with van der Waals surface area (Å²) < 4.78 is 13.8. The van der Waals surface area contributed by atoms with E-state index in [2.05, 4.69) is 36.6 Å². The monoisotopic (exact) mass is 311 g/mol. The molecular formula is C11H11BrFN5. The van der Waals surface area contributed by atoms with E-state index in [1.807, 2.05) is 6.92 Å². The highest BCUT2D eigenvalue weighted by Gasteiger charge is 2.04. The molecule has 0 unspecified atom stereocenters. The molecule has 0 saturated carbocycles. The number of hydrogen-bond donors (Lipinski definition) is 3. The van der Waals surface area contributed by atoms with E-state index in [-0.39, 0.29) is 5.82 Å². The summed E-state index contributed by atoms with van der Waals surface area (Å²) in [6.07, 6.45) is 0. The Kier molecular flexibility index (Phi) is 3.73. The number of nitrogen functional groups attached to an aromatic ring is 1. The molecule has 1 aromatic heterocycles. The normalized spacial score (nSPS) is 10.2. The van der Waals surface area contributed by atoms with Crippen molar-refractivity contribution < 1.29 is 4.39 Å². The van der Waals surface area contributed by atoms with Crippen LogP contribution in [-0.4, -0.2) is 9.97 Å². The molecule has 7 heteroatoms. The summed E-state index contributed by atoms with van der Waals surface area (Å²) in [6, 6.07) is 6.46. The van der Waals surface area contributed by atoms with Gasteiger partial charge in [-0.3, -0.25) is 5.43 Å². The first-order valence-electron chi connectivity index (χ1n) is 5.13. The molecule has 0 bridgehead atoms. The Morgan fingerprint density at radius 2 is 2.06 bits per heavy atom. The number of rotatable bonds is 3. The Morgan fingerprint density at radius 3 is 2.72 bits per heavy atom. The predicted molar refractivity (Wildman–Crippen MR) is 72.0 cm³/mol. The lowest BCUT2D eigenvalue weighted by molar-refractivity contribution is 0.622. The average Bonchev–Trinajstić information content (AvgIpc) is 2.33. The van der Waals surface area contributed by atoms with Gasteiger partial charge in [0.15, 0.2) is 0 Å². The minimum atomic E-state index is -0.344. The predicted octanol–water partition coefficient (Wildman–Crippen LogP) is 2.72. The van der Waals surface area contributed by atoms with E-state index in [0.29, 0.717) is 21.9 Å². The van der Waals surface area contributed by atoms with Gasteiger partial charge in [-0.1, -0.05) is 0 Å². The van der Waals surface area contributed by atoms with Gasteiger partial charge >= 0.3 is 0 Å². The molecule has 4 N–H and O–H groups in total. The van der Waals surface area contributed by atoms with E-state index in [1.165, 1.54) is 6.07 Å². The number of hydrogen-bond acceptors (Lipinski definition) is 5. The number of aromatic nitrogens is 2. The molecule has 0 saturated heterocycles. The summed E-state index contributed by atoms with van der Waals surface area (Å²) in [6.45, 7) is 1.82. The smallest absolute Gasteiger partial charge is 0.239 e. The number of anilines is 3. The Labute approximate surface area is 112 Å². The van der Waals surface area contributed by atoms with Crippen molar-refractivity contribution in [1.29, 1.82) is 0 Å². The molecule has 0 atom stereocenters. The zero-order valence-corrected chi connectivity index (χ0v) is 11.1. The van der Waals surface area contributed by atoms with Gasteiger partial charge in [0, 0.05) is 17.4 Å². The summed E-state index contributed by atoms with van der Waals surface area (Å²) in [4.78, 5) is 8.16. The summed E-state index contributed by atoms with van der Waals surface area (Å²) >= 11 is 3.09. The van der Waals surface area contributed by atoms with Crippen LogP contribution < -0.4 is 16.6 Å². The molecule has 5 nitrogen and oxygen atoms in total. The molecule has 2 rings (SSSR count). The number of nitrogens with one attached hydrogen (secondary N) is 2. The number of nitrogens with zero attached hydrogens (tertiary/aromatic N) is 2. The first-order valence-corrected chi connectivity index (χ1v) is 5.92. The lowest BCUT2D eigenvalue weighted by Crippen LogP contribution is -2.11. The van der Waals surface area contributed by atoms with Gasteiger partial charge in [-0.05, 0) is 41.1 Å². The van der Waals surface area contributed by atoms with E-state index in [4.69, 9.17) is 5.84 Å². The Bertz CT molecular complexity index is 575. The van der Waals surface area contributed by atoms with Crippen molar-refractivity contribution in [3.8, 4) is 0 Å². The third kappa shape index (κ3) is 2.93. The topological polar surface area (TPSA) is 75.9 Å². The van der Waals surface area contributed by atoms with Gasteiger partial charge in [-0.2, -0.15) is 4.98 Å². The Hall–Kier alpha value is -1.73. The van der Waals surface area contributed by atoms with Crippen molar-refractivity contribution in [2.45, 2.75) is 6.92 Å². The maximum absolute atomic E-state index is 13.4. The van der Waals surface area contributed by atoms with Gasteiger partial charge in [0.1, 0.15) is 11.6 Å². The van der Waals surface area contributed by atoms with Crippen LogP contribution in [0.5, 0.6) is 0 Å². The van der Waals surface area contributed by atoms with E-state index in [1.54, 1.807) is 18.2 Å². The van der Waals surface area contributed by atoms with Gasteiger partial charge in [0.05, 0.1) is 4.47 Å². The van der Waals surface area contributed by atoms with Crippen LogP contribution in [0.15, 0.2) is 28.7 Å². The van der Waals surface area contributed by atoms with E-state index in [0.717, 1.165) is 5.69 Å². The highest BCUT2D eigenvalue weighted by Crippen LogP contribution is 2.22. The lowest BCUT2D eigenvalue weighted by atomic mass is 10.3. The highest BCUT2D eigenvalue weighted by molar-refractivity contribution is 9.10. The standard InChI is InChI=1S/C11H11BrFN5/c1-6-4-10(17-11(15-6)18-14)16-7-2-3-8(12)9(13)5-7/h2-5H,14H2,1H3,(H2,15,16,17,18). The van der Waals surface area contributed by atoms with Gasteiger partial charge < -0.3 is 5.32 Å². The molecule has 0 fully saturated rings. The molecule has 0 aliphatic rings. The molecule has 0 amide bonds. The van der Waals surface area contributed by atoms with Gasteiger partial charge in [0.2, 0.25) is 5.95 Å². The third-order valence-electron chi connectivity index (χ3n) is 2.18. The molecule has 0 aliphatic heterocycles. The van der Waals surface area contributed by atoms with E-state index >= 15 is 0 Å². The minimum Gasteiger partial charge on any atom is -0.340 e. The third-order valence-corrected chi connectivity index (χ3v) is 2.82. The van der Waals surface area contributed by atoms with Crippen molar-refractivity contribution in [1.82, 2.24) is 9.97 Å². The first kappa shape index (κ1) is 12.7. The zero-order chi connectivity index (χ0) is 13.1. The molecule has 0 spiro atoms. The van der Waals surface area contributed by atoms with Crippen LogP contribution in [0.4, 0.5) is 21.8 Å². The fraction of sp³-hybridized carbons (Fsp3) is 0.0909. The van der Waals surface area contributed by atoms with Crippen molar-refractivity contribution in [3.05, 3.63) is 40.2 Å². The summed E-state index contributed by atoms with van der Waals surface area (Å²) in [5.41, 5.74) is 3.71. The van der Waals surface area contributed by atoms with Gasteiger partial charge in [-0.15, -0.1) is 0 Å². The summed E-state index contributed by atoms with van der Waals surface area (Å²) in [5.74, 6) is 5.75. The van der Waals surface area contributed by atoms with Crippen molar-refractivity contribution in [2.75, 3.05) is 10.7 Å². The van der Waals surface area contributed by atoms with Gasteiger partial charge in [-0.25, -0.2) is 15.2 Å². The number of benzene rings is 1. The number of hydrazine groups is 1. The van der Waals surface area contributed by atoms with Crippen LogP contribution >= 0.6 is 15.9 Å². The molecule has 0 radical (unpaired) electrons. The first-order chi connectivity index (χ1) is 8.58. The largest absolute Gasteiger partial charge is 0.340 e. The van der Waals surface area contributed by atoms with Crippen LogP contribution in [0.3, 0.4) is 0 Å². The van der Waals surface area contributed by atoms with Crippen LogP contribution in [-0.2, 0) is 0 Å². The second-order valence-corrected chi connectivity index (χ2v) is 4.47. The maximum atomic E-state index is 13.4. The Balaban J connectivity index is 2.27. The molecule has 2 aromatic rings. The lowest BCUT2D eigenvalue weighted by Gasteiger charge is -2.08. The summed E-state index contributed by atoms with van der Waals surface area (Å²) in [5, 5.41) is 2.98. The number of halogens is 2. The molecule has 1 heterocycles. The molecule has 94 valence electrons. The molecule has 18 heavy (non-hydrogen) atoms. The SMILES string of the molecule is Cc1cc(Nc2ccc(Br)c(F)c2)nc(NN)n1. The highest BCUT2D eigenvalue weighted by atomic mass is 79.9. The number of nitrogens with two attached hydrogens (primary N) is 1. The maximum Gasteiger partial charge on any atom is 0.239 e. The van der Waals surface area contributed by atoms with E-state index in [9.17, 15) is 4.39 Å². The second-order valence-electron chi connectivity index (χ2n) is 3.62. The van der Waals surface area contributed by atoms with Crippen LogP contribution in [0.25, 0.3) is 0 Å². The fourth-order valence-electron chi connectivity index (χ4n) is 1.42. The fourth-order valence-corrected chi connectivity index (χ4v) is 1.67. The second kappa shape index (κ2) is 5.28. The number of aryl methyl sites for hydroxylation is 1. The van der Waals surface area contributed by atoms with E-state index < -0.39 is 0 Å². The molecule has 0 aliphatic carbocycles. The van der Waals surface area contributed by atoms with Crippen LogP contribution in [0.1, 0.15) is 5.69 Å². The van der Waals surface area contributed by atoms with Crippen molar-refractivity contribution in [3.63, 3.8) is 0 Å². The molecular weight excluding hydrogens is 301 g/mol. The molecule has 1 aromatic carbocycles. The van der Waals surface area contributed by atoms with Gasteiger partial charge in [0.25, 0.3) is 0 Å².